The van der Waals surface area contributed by atoms with Gasteiger partial charge >= 0.3 is 6.03 Å². The highest BCUT2D eigenvalue weighted by Gasteiger charge is 2.24. The maximum atomic E-state index is 12.6. The molecule has 1 aliphatic heterocycles. The molecule has 2 heterocycles. The maximum absolute atomic E-state index is 12.6. The lowest BCUT2D eigenvalue weighted by Gasteiger charge is -2.30. The van der Waals surface area contributed by atoms with E-state index in [0.717, 1.165) is 42.4 Å². The quantitative estimate of drug-likeness (QED) is 0.904. The molecule has 5 heteroatoms. The number of amides is 2. The van der Waals surface area contributed by atoms with E-state index in [9.17, 15) is 9.59 Å². The first-order valence-electron chi connectivity index (χ1n) is 9.73. The number of benzene rings is 1. The van der Waals surface area contributed by atoms with Gasteiger partial charge in [0.2, 0.25) is 5.91 Å². The number of aromatic nitrogens is 1. The molecule has 1 saturated heterocycles. The fourth-order valence-electron chi connectivity index (χ4n) is 3.85. The molecule has 1 unspecified atom stereocenters. The Morgan fingerprint density at radius 2 is 1.89 bits per heavy atom. The molecular formula is C22H25N3O2. The second-order valence-electron chi connectivity index (χ2n) is 7.27. The number of hydrogen-bond acceptors (Lipinski definition) is 2. The van der Waals surface area contributed by atoms with Crippen LogP contribution < -0.4 is 5.32 Å². The zero-order chi connectivity index (χ0) is 18.6. The third kappa shape index (κ3) is 3.82. The van der Waals surface area contributed by atoms with Gasteiger partial charge in [-0.25, -0.2) is 4.79 Å². The molecule has 1 atom stereocenters. The van der Waals surface area contributed by atoms with Crippen molar-refractivity contribution in [2.45, 2.75) is 25.7 Å². The van der Waals surface area contributed by atoms with Crippen LogP contribution in [0, 0.1) is 5.92 Å². The smallest absolute Gasteiger partial charge is 0.326 e. The van der Waals surface area contributed by atoms with Crippen LogP contribution >= 0.6 is 0 Å². The SMILES string of the molecule is O=C(C1C=CC(CNC(=O)n2ccc3ccccc32)=CC1)N1CCCCC1. The van der Waals surface area contributed by atoms with Gasteiger partial charge in [0, 0.05) is 31.2 Å². The zero-order valence-corrected chi connectivity index (χ0v) is 15.4. The molecule has 1 aliphatic carbocycles. The van der Waals surface area contributed by atoms with Crippen molar-refractivity contribution >= 4 is 22.8 Å². The largest absolute Gasteiger partial charge is 0.342 e. The van der Waals surface area contributed by atoms with Crippen molar-refractivity contribution < 1.29 is 9.59 Å². The van der Waals surface area contributed by atoms with Gasteiger partial charge in [-0.2, -0.15) is 0 Å². The summed E-state index contributed by atoms with van der Waals surface area (Å²) in [5.41, 5.74) is 1.94. The number of nitrogens with zero attached hydrogens (tertiary/aromatic N) is 2. The van der Waals surface area contributed by atoms with Gasteiger partial charge < -0.3 is 10.2 Å². The van der Waals surface area contributed by atoms with Crippen molar-refractivity contribution in [3.63, 3.8) is 0 Å². The van der Waals surface area contributed by atoms with Crippen LogP contribution in [-0.4, -0.2) is 41.0 Å². The second kappa shape index (κ2) is 7.82. The third-order valence-corrected chi connectivity index (χ3v) is 5.42. The topological polar surface area (TPSA) is 54.3 Å². The third-order valence-electron chi connectivity index (χ3n) is 5.42. The van der Waals surface area contributed by atoms with Gasteiger partial charge in [-0.05, 0) is 43.4 Å². The highest BCUT2D eigenvalue weighted by Crippen LogP contribution is 2.21. The van der Waals surface area contributed by atoms with Gasteiger partial charge in [0.25, 0.3) is 0 Å². The van der Waals surface area contributed by atoms with Gasteiger partial charge in [-0.3, -0.25) is 9.36 Å². The van der Waals surface area contributed by atoms with E-state index >= 15 is 0 Å². The number of carbonyl (C=O) groups excluding carboxylic acids is 2. The van der Waals surface area contributed by atoms with Crippen LogP contribution in [0.1, 0.15) is 25.7 Å². The van der Waals surface area contributed by atoms with E-state index in [1.165, 1.54) is 6.42 Å². The van der Waals surface area contributed by atoms with Crippen LogP contribution in [0.3, 0.4) is 0 Å². The summed E-state index contributed by atoms with van der Waals surface area (Å²) < 4.78 is 1.63. The molecule has 2 amide bonds. The first kappa shape index (κ1) is 17.6. The monoisotopic (exact) mass is 363 g/mol. The molecule has 4 rings (SSSR count). The average molecular weight is 363 g/mol. The number of nitrogens with one attached hydrogen (secondary N) is 1. The molecule has 1 aromatic carbocycles. The van der Waals surface area contributed by atoms with Gasteiger partial charge in [-0.15, -0.1) is 0 Å². The van der Waals surface area contributed by atoms with Gasteiger partial charge in [0.05, 0.1) is 11.4 Å². The number of likely N-dealkylation sites (tertiary alicyclic amines) is 1. The van der Waals surface area contributed by atoms with Crippen molar-refractivity contribution in [2.75, 3.05) is 19.6 Å². The fourth-order valence-corrected chi connectivity index (χ4v) is 3.85. The predicted octanol–water partition coefficient (Wildman–Crippen LogP) is 3.71. The highest BCUT2D eigenvalue weighted by atomic mass is 16.2. The molecule has 1 aromatic heterocycles. The minimum atomic E-state index is -0.142. The van der Waals surface area contributed by atoms with Crippen LogP contribution in [0.5, 0.6) is 0 Å². The average Bonchev–Trinajstić information content (AvgIpc) is 3.17. The number of allylic oxidation sites excluding steroid dienone is 1. The summed E-state index contributed by atoms with van der Waals surface area (Å²) in [6, 6.07) is 9.61. The lowest BCUT2D eigenvalue weighted by atomic mass is 9.94. The Morgan fingerprint density at radius 1 is 1.07 bits per heavy atom. The molecule has 2 aromatic rings. The Labute approximate surface area is 159 Å². The Bertz CT molecular complexity index is 903. The minimum absolute atomic E-state index is 0.0593. The molecule has 140 valence electrons. The molecule has 0 radical (unpaired) electrons. The molecule has 1 N–H and O–H groups in total. The number of para-hydroxylation sites is 1. The summed E-state index contributed by atoms with van der Waals surface area (Å²) in [4.78, 5) is 27.1. The first-order chi connectivity index (χ1) is 13.2. The molecule has 0 spiro atoms. The number of rotatable bonds is 3. The summed E-state index contributed by atoms with van der Waals surface area (Å²) in [5.74, 6) is 0.181. The standard InChI is InChI=1S/C22H25N3O2/c26-21(24-13-4-1-5-14-24)19-10-8-17(9-11-19)16-23-22(27)25-15-12-18-6-2-3-7-20(18)25/h2-3,6-10,12,15,19H,1,4-5,11,13-14,16H2,(H,23,27). The van der Waals surface area contributed by atoms with Crippen molar-refractivity contribution in [3.05, 3.63) is 60.3 Å². The summed E-state index contributed by atoms with van der Waals surface area (Å²) >= 11 is 0. The van der Waals surface area contributed by atoms with Crippen LogP contribution in [0.15, 0.2) is 60.3 Å². The fraction of sp³-hybridized carbons (Fsp3) is 0.364. The molecule has 0 saturated carbocycles. The Hall–Kier alpha value is -2.82. The summed E-state index contributed by atoms with van der Waals surface area (Å²) in [5, 5.41) is 4.01. The van der Waals surface area contributed by atoms with Gasteiger partial charge in [0.1, 0.15) is 0 Å². The highest BCUT2D eigenvalue weighted by molar-refractivity contribution is 5.91. The van der Waals surface area contributed by atoms with E-state index in [0.29, 0.717) is 13.0 Å². The van der Waals surface area contributed by atoms with E-state index in [2.05, 4.69) is 11.4 Å². The Morgan fingerprint density at radius 3 is 2.67 bits per heavy atom. The summed E-state index contributed by atoms with van der Waals surface area (Å²) in [6.07, 6.45) is 12.0. The van der Waals surface area contributed by atoms with Crippen molar-refractivity contribution in [3.8, 4) is 0 Å². The zero-order valence-electron chi connectivity index (χ0n) is 15.4. The maximum Gasteiger partial charge on any atom is 0.326 e. The van der Waals surface area contributed by atoms with Crippen molar-refractivity contribution in [1.29, 1.82) is 0 Å². The number of fused-ring (bicyclic) bond motifs is 1. The van der Waals surface area contributed by atoms with Gasteiger partial charge in [-0.1, -0.05) is 36.4 Å². The van der Waals surface area contributed by atoms with Gasteiger partial charge in [0.15, 0.2) is 0 Å². The first-order valence-corrected chi connectivity index (χ1v) is 9.73. The molecular weight excluding hydrogens is 338 g/mol. The predicted molar refractivity (Wildman–Crippen MR) is 106 cm³/mol. The summed E-state index contributed by atoms with van der Waals surface area (Å²) in [6.45, 7) is 2.24. The van der Waals surface area contributed by atoms with E-state index in [4.69, 9.17) is 0 Å². The van der Waals surface area contributed by atoms with E-state index in [-0.39, 0.29) is 17.9 Å². The molecule has 2 aliphatic rings. The number of carbonyl (C=O) groups is 2. The van der Waals surface area contributed by atoms with Crippen LogP contribution in [-0.2, 0) is 4.79 Å². The molecule has 27 heavy (non-hydrogen) atoms. The van der Waals surface area contributed by atoms with Crippen LogP contribution in [0.2, 0.25) is 0 Å². The Balaban J connectivity index is 1.32. The molecule has 5 nitrogen and oxygen atoms in total. The normalized spacial score (nSPS) is 19.8. The minimum Gasteiger partial charge on any atom is -0.342 e. The lowest BCUT2D eigenvalue weighted by molar-refractivity contribution is -0.134. The summed E-state index contributed by atoms with van der Waals surface area (Å²) in [7, 11) is 0. The van der Waals surface area contributed by atoms with E-state index in [1.807, 2.05) is 47.4 Å². The molecule has 1 fully saturated rings. The van der Waals surface area contributed by atoms with Crippen LogP contribution in [0.4, 0.5) is 4.79 Å². The lowest BCUT2D eigenvalue weighted by Crippen LogP contribution is -2.39. The Kier molecular flexibility index (Phi) is 5.10. The van der Waals surface area contributed by atoms with E-state index in [1.54, 1.807) is 10.8 Å². The van der Waals surface area contributed by atoms with Crippen molar-refractivity contribution in [2.24, 2.45) is 5.92 Å². The van der Waals surface area contributed by atoms with Crippen molar-refractivity contribution in [1.82, 2.24) is 14.8 Å². The molecule has 0 bridgehead atoms. The van der Waals surface area contributed by atoms with E-state index < -0.39 is 0 Å². The number of hydrogen-bond donors (Lipinski definition) is 1. The number of piperidine rings is 1. The second-order valence-corrected chi connectivity index (χ2v) is 7.27. The van der Waals surface area contributed by atoms with Crippen LogP contribution in [0.25, 0.3) is 10.9 Å².